The monoisotopic (exact) mass is 456 g/mol. The third-order valence-corrected chi connectivity index (χ3v) is 7.13. The molecule has 1 fully saturated rings. The number of aromatic nitrogens is 4. The molecule has 170 valence electrons. The summed E-state index contributed by atoms with van der Waals surface area (Å²) in [6, 6.07) is 19.5. The Morgan fingerprint density at radius 3 is 2.17 bits per heavy atom. The molecule has 1 unspecified atom stereocenters. The second-order valence-corrected chi connectivity index (χ2v) is 9.26. The van der Waals surface area contributed by atoms with E-state index in [0.717, 1.165) is 40.6 Å². The highest BCUT2D eigenvalue weighted by atomic mass is 15.4. The van der Waals surface area contributed by atoms with Gasteiger partial charge in [-0.2, -0.15) is 0 Å². The molecule has 0 radical (unpaired) electrons. The van der Waals surface area contributed by atoms with Gasteiger partial charge < -0.3 is 9.80 Å². The van der Waals surface area contributed by atoms with Crippen molar-refractivity contribution < 1.29 is 0 Å². The fraction of sp³-hybridized carbons (Fsp3) is 0.172. The summed E-state index contributed by atoms with van der Waals surface area (Å²) in [5.74, 6) is 0. The lowest BCUT2D eigenvalue weighted by atomic mass is 10.0. The van der Waals surface area contributed by atoms with Crippen LogP contribution in [0.15, 0.2) is 91.3 Å². The van der Waals surface area contributed by atoms with Crippen LogP contribution >= 0.6 is 0 Å². The van der Waals surface area contributed by atoms with E-state index in [1.54, 1.807) is 24.8 Å². The van der Waals surface area contributed by atoms with Gasteiger partial charge in [0, 0.05) is 48.9 Å². The molecular formula is C29H24N6. The molecule has 5 aromatic rings. The van der Waals surface area contributed by atoms with E-state index < -0.39 is 0 Å². The van der Waals surface area contributed by atoms with Crippen molar-refractivity contribution in [3.05, 3.63) is 102 Å². The van der Waals surface area contributed by atoms with Gasteiger partial charge in [0.1, 0.15) is 6.17 Å². The van der Waals surface area contributed by atoms with Gasteiger partial charge in [0.05, 0.1) is 22.1 Å². The van der Waals surface area contributed by atoms with Gasteiger partial charge in [-0.05, 0) is 72.4 Å². The summed E-state index contributed by atoms with van der Waals surface area (Å²) >= 11 is 0. The van der Waals surface area contributed by atoms with Crippen molar-refractivity contribution in [1.29, 1.82) is 0 Å². The summed E-state index contributed by atoms with van der Waals surface area (Å²) in [5.41, 5.74) is 11.1. The number of fused-ring (bicyclic) bond motifs is 3. The summed E-state index contributed by atoms with van der Waals surface area (Å²) in [7, 11) is 0. The average molecular weight is 457 g/mol. The van der Waals surface area contributed by atoms with E-state index in [0.29, 0.717) is 0 Å². The number of aryl methyl sites for hydroxylation is 1. The highest BCUT2D eigenvalue weighted by Gasteiger charge is 2.37. The van der Waals surface area contributed by atoms with Gasteiger partial charge in [-0.25, -0.2) is 0 Å². The van der Waals surface area contributed by atoms with E-state index in [2.05, 4.69) is 91.4 Å². The van der Waals surface area contributed by atoms with Crippen molar-refractivity contribution >= 4 is 27.8 Å². The van der Waals surface area contributed by atoms with E-state index >= 15 is 0 Å². The minimum absolute atomic E-state index is 0.107. The van der Waals surface area contributed by atoms with E-state index in [4.69, 9.17) is 0 Å². The zero-order valence-corrected chi connectivity index (χ0v) is 19.5. The van der Waals surface area contributed by atoms with Crippen LogP contribution < -0.4 is 4.90 Å². The third kappa shape index (κ3) is 3.33. The predicted octanol–water partition coefficient (Wildman–Crippen LogP) is 6.00. The van der Waals surface area contributed by atoms with Gasteiger partial charge in [0.15, 0.2) is 0 Å². The summed E-state index contributed by atoms with van der Waals surface area (Å²) in [6.07, 6.45) is 11.7. The molecule has 0 N–H and O–H groups in total. The number of nitrogens with zero attached hydrogens (tertiary/aromatic N) is 6. The Balaban J connectivity index is 1.34. The molecule has 0 aliphatic carbocycles. The smallest absolute Gasteiger partial charge is 0.132 e. The number of hydrogen-bond donors (Lipinski definition) is 0. The van der Waals surface area contributed by atoms with E-state index in [1.165, 1.54) is 34.5 Å². The minimum Gasteiger partial charge on any atom is -0.349 e. The highest BCUT2D eigenvalue weighted by molar-refractivity contribution is 5.82. The normalized spacial score (nSPS) is 17.3. The molecule has 1 atom stereocenters. The molecule has 2 aliphatic rings. The van der Waals surface area contributed by atoms with Crippen LogP contribution in [0.4, 0.5) is 5.69 Å². The summed E-state index contributed by atoms with van der Waals surface area (Å²) < 4.78 is 0. The second kappa shape index (κ2) is 7.87. The Morgan fingerprint density at radius 2 is 1.37 bits per heavy atom. The van der Waals surface area contributed by atoms with Crippen LogP contribution in [0, 0.1) is 6.92 Å². The lowest BCUT2D eigenvalue weighted by Crippen LogP contribution is -2.31. The summed E-state index contributed by atoms with van der Waals surface area (Å²) in [5, 5.41) is 0. The second-order valence-electron chi connectivity index (χ2n) is 9.26. The van der Waals surface area contributed by atoms with Crippen LogP contribution in [0.1, 0.15) is 30.1 Å². The standard InChI is InChI=1S/C29H24N6/c1-19-4-5-21(20-6-8-24-26(15-20)32-12-10-30-24)17-28(19)35-18-23-3-2-14-34(23)29(35)22-7-9-25-27(16-22)33-13-11-31-25/h4-13,15-18,29H,2-3,14H2,1H3. The number of anilines is 1. The van der Waals surface area contributed by atoms with E-state index in [-0.39, 0.29) is 6.17 Å². The first-order valence-corrected chi connectivity index (χ1v) is 12.0. The fourth-order valence-corrected chi connectivity index (χ4v) is 5.41. The van der Waals surface area contributed by atoms with Gasteiger partial charge in [-0.3, -0.25) is 19.9 Å². The van der Waals surface area contributed by atoms with Gasteiger partial charge in [-0.15, -0.1) is 0 Å². The molecule has 2 aliphatic heterocycles. The average Bonchev–Trinajstić information content (AvgIpc) is 3.50. The van der Waals surface area contributed by atoms with Crippen LogP contribution in [0.25, 0.3) is 33.2 Å². The summed E-state index contributed by atoms with van der Waals surface area (Å²) in [6.45, 7) is 3.25. The van der Waals surface area contributed by atoms with Crippen molar-refractivity contribution in [1.82, 2.24) is 24.8 Å². The fourth-order valence-electron chi connectivity index (χ4n) is 5.41. The zero-order valence-electron chi connectivity index (χ0n) is 19.5. The maximum Gasteiger partial charge on any atom is 0.132 e. The topological polar surface area (TPSA) is 58.0 Å². The lowest BCUT2D eigenvalue weighted by Gasteiger charge is -2.33. The lowest BCUT2D eigenvalue weighted by molar-refractivity contribution is 0.319. The van der Waals surface area contributed by atoms with Gasteiger partial charge in [-0.1, -0.05) is 24.3 Å². The molecule has 1 saturated heterocycles. The molecule has 35 heavy (non-hydrogen) atoms. The highest BCUT2D eigenvalue weighted by Crippen LogP contribution is 2.45. The quantitative estimate of drug-likeness (QED) is 0.332. The van der Waals surface area contributed by atoms with Crippen LogP contribution in [0.2, 0.25) is 0 Å². The molecule has 2 aromatic heterocycles. The van der Waals surface area contributed by atoms with Crippen LogP contribution in [0.5, 0.6) is 0 Å². The van der Waals surface area contributed by atoms with Crippen molar-refractivity contribution in [3.63, 3.8) is 0 Å². The number of allylic oxidation sites excluding steroid dienone is 1. The first-order valence-electron chi connectivity index (χ1n) is 12.0. The number of benzene rings is 3. The van der Waals surface area contributed by atoms with Crippen LogP contribution in [0.3, 0.4) is 0 Å². The van der Waals surface area contributed by atoms with Crippen LogP contribution in [-0.4, -0.2) is 31.4 Å². The molecule has 3 aromatic carbocycles. The van der Waals surface area contributed by atoms with Crippen molar-refractivity contribution in [2.45, 2.75) is 25.9 Å². The Labute approximate surface area is 203 Å². The minimum atomic E-state index is 0.107. The molecule has 4 heterocycles. The molecule has 6 nitrogen and oxygen atoms in total. The molecule has 0 saturated carbocycles. The van der Waals surface area contributed by atoms with Gasteiger partial charge in [0.25, 0.3) is 0 Å². The van der Waals surface area contributed by atoms with E-state index in [1.807, 2.05) is 6.07 Å². The van der Waals surface area contributed by atoms with Crippen LogP contribution in [-0.2, 0) is 0 Å². The molecule has 7 rings (SSSR count). The molecule has 0 bridgehead atoms. The molecule has 0 amide bonds. The number of rotatable bonds is 3. The Hall–Kier alpha value is -4.32. The van der Waals surface area contributed by atoms with E-state index in [9.17, 15) is 0 Å². The number of hydrogen-bond acceptors (Lipinski definition) is 6. The molecule has 6 heteroatoms. The largest absolute Gasteiger partial charge is 0.349 e. The summed E-state index contributed by atoms with van der Waals surface area (Å²) in [4.78, 5) is 22.9. The van der Waals surface area contributed by atoms with Crippen molar-refractivity contribution in [2.75, 3.05) is 11.4 Å². The predicted molar refractivity (Wildman–Crippen MR) is 138 cm³/mol. The first kappa shape index (κ1) is 20.1. The van der Waals surface area contributed by atoms with Gasteiger partial charge >= 0.3 is 0 Å². The maximum absolute atomic E-state index is 4.57. The van der Waals surface area contributed by atoms with Crippen molar-refractivity contribution in [3.8, 4) is 11.1 Å². The van der Waals surface area contributed by atoms with Gasteiger partial charge in [0.2, 0.25) is 0 Å². The van der Waals surface area contributed by atoms with Crippen molar-refractivity contribution in [2.24, 2.45) is 0 Å². The third-order valence-electron chi connectivity index (χ3n) is 7.13. The SMILES string of the molecule is Cc1ccc(-c2ccc3nccnc3c2)cc1N1C=C2CCCN2C1c1ccc2nccnc2c1. The molecule has 0 spiro atoms. The molecular weight excluding hydrogens is 432 g/mol. The maximum atomic E-state index is 4.57. The Morgan fingerprint density at radius 1 is 0.714 bits per heavy atom. The first-order chi connectivity index (χ1) is 17.2. The zero-order chi connectivity index (χ0) is 23.4. The Kier molecular flexibility index (Phi) is 4.52. The Bertz CT molecular complexity index is 1620.